The second-order valence-electron chi connectivity index (χ2n) is 12.6. The van der Waals surface area contributed by atoms with E-state index in [2.05, 4.69) is 15.0 Å². The van der Waals surface area contributed by atoms with E-state index in [1.54, 1.807) is 0 Å². The minimum atomic E-state index is -1.14. The standard InChI is InChI=1S/C52H33N5/c1-32-15-14-28-48-49(32)43-24-10-13-27-47(43)57(48)52-54-50(53-51(55-52)56-45-25-11-8-22-41(45)42-23-9-12-26-46(42)56)33-29-30-40-38-20-5-4-18-36(38)34-16-2-3-17-35(34)37-19-6-7-21-39(37)44(40)31-33/h2-31H,1H3/i2D,3D,4D,5D,6D,7D,8D,9D,10D,11D,12D,13D,14D,15D,16D,17D,18D,19D,20D,21D,22D,23D,24D,25D,26D,27D,28D,29D,30D,31D. The normalized spacial score (nSPS) is 19.3. The highest BCUT2D eigenvalue weighted by atomic mass is 15.3. The summed E-state index contributed by atoms with van der Waals surface area (Å²) in [7, 11) is 0. The van der Waals surface area contributed by atoms with E-state index in [1.165, 1.54) is 6.92 Å². The Bertz CT molecular complexity index is 4840. The van der Waals surface area contributed by atoms with Gasteiger partial charge in [0, 0.05) is 27.1 Å². The molecule has 1 aliphatic rings. The van der Waals surface area contributed by atoms with E-state index < -0.39 is 282 Å². The van der Waals surface area contributed by atoms with Crippen LogP contribution in [-0.4, -0.2) is 24.1 Å². The first kappa shape index (κ1) is 14.1. The molecule has 0 aliphatic heterocycles. The number of nitrogens with zero attached hydrogens (tertiary/aromatic N) is 5. The lowest BCUT2D eigenvalue weighted by atomic mass is 9.80. The monoisotopic (exact) mass is 757 g/mol. The summed E-state index contributed by atoms with van der Waals surface area (Å²) in [5.41, 5.74) is -9.55. The number of hydrogen-bond acceptors (Lipinski definition) is 3. The Morgan fingerprint density at radius 1 is 0.368 bits per heavy atom. The van der Waals surface area contributed by atoms with Gasteiger partial charge >= 0.3 is 0 Å². The van der Waals surface area contributed by atoms with Gasteiger partial charge in [-0.3, -0.25) is 9.13 Å². The molecule has 0 amide bonds. The average molecular weight is 758 g/mol. The summed E-state index contributed by atoms with van der Waals surface area (Å²) in [6.45, 7) is 1.33. The fourth-order valence-corrected chi connectivity index (χ4v) is 7.17. The number of fused-ring (bicyclic) bond motifs is 14. The lowest BCUT2D eigenvalue weighted by Gasteiger charge is -2.23. The summed E-state index contributed by atoms with van der Waals surface area (Å²) in [6.07, 6.45) is 0. The zero-order chi connectivity index (χ0) is 63.7. The van der Waals surface area contributed by atoms with Crippen LogP contribution in [0.5, 0.6) is 0 Å². The summed E-state index contributed by atoms with van der Waals surface area (Å²) < 4.78 is 276. The molecule has 0 bridgehead atoms. The second kappa shape index (κ2) is 12.2. The largest absolute Gasteiger partial charge is 0.278 e. The van der Waals surface area contributed by atoms with Crippen molar-refractivity contribution in [2.45, 2.75) is 6.92 Å². The first-order valence-corrected chi connectivity index (χ1v) is 16.9. The van der Waals surface area contributed by atoms with Crippen LogP contribution >= 0.6 is 0 Å². The van der Waals surface area contributed by atoms with Crippen LogP contribution in [0.25, 0.3) is 111 Å². The van der Waals surface area contributed by atoms with Gasteiger partial charge in [-0.2, -0.15) is 15.0 Å². The molecule has 3 aromatic heterocycles. The fraction of sp³-hybridized carbons (Fsp3) is 0.0192. The van der Waals surface area contributed by atoms with Crippen molar-refractivity contribution in [3.8, 4) is 67.8 Å². The number of para-hydroxylation sites is 3. The van der Waals surface area contributed by atoms with Crippen molar-refractivity contribution in [3.63, 3.8) is 0 Å². The highest BCUT2D eigenvalue weighted by molar-refractivity contribution is 6.11. The fourth-order valence-electron chi connectivity index (χ4n) is 7.17. The third-order valence-electron chi connectivity index (χ3n) is 9.55. The van der Waals surface area contributed by atoms with E-state index in [4.69, 9.17) is 21.9 Å². The maximum atomic E-state index is 10.4. The molecule has 5 heteroatoms. The Balaban J connectivity index is 1.38. The summed E-state index contributed by atoms with van der Waals surface area (Å²) >= 11 is 0. The highest BCUT2D eigenvalue weighted by Crippen LogP contribution is 2.48. The first-order chi connectivity index (χ1) is 40.7. The van der Waals surface area contributed by atoms with Gasteiger partial charge in [-0.1, -0.05) is 151 Å². The van der Waals surface area contributed by atoms with Crippen molar-refractivity contribution in [3.05, 3.63) is 187 Å². The lowest BCUT2D eigenvalue weighted by molar-refractivity contribution is 0.893. The van der Waals surface area contributed by atoms with Gasteiger partial charge < -0.3 is 0 Å². The van der Waals surface area contributed by atoms with Gasteiger partial charge in [-0.25, -0.2) is 0 Å². The van der Waals surface area contributed by atoms with E-state index in [0.717, 1.165) is 9.13 Å². The Morgan fingerprint density at radius 2 is 0.772 bits per heavy atom. The zero-order valence-corrected chi connectivity index (χ0v) is 28.7. The third-order valence-corrected chi connectivity index (χ3v) is 9.55. The maximum absolute atomic E-state index is 10.4. The molecule has 8 aromatic carbocycles. The molecule has 0 unspecified atom stereocenters. The molecular formula is C52H33N5. The topological polar surface area (TPSA) is 48.5 Å². The van der Waals surface area contributed by atoms with Crippen molar-refractivity contribution in [1.82, 2.24) is 24.1 Å². The van der Waals surface area contributed by atoms with Crippen LogP contribution in [0.3, 0.4) is 0 Å². The molecule has 1 aliphatic carbocycles. The molecule has 266 valence electrons. The summed E-state index contributed by atoms with van der Waals surface area (Å²) in [6, 6.07) is -27.7. The molecule has 5 nitrogen and oxygen atoms in total. The van der Waals surface area contributed by atoms with E-state index in [9.17, 15) is 19.2 Å². The van der Waals surface area contributed by atoms with Crippen molar-refractivity contribution in [2.24, 2.45) is 0 Å². The molecule has 0 atom stereocenters. The van der Waals surface area contributed by atoms with Crippen LogP contribution in [0, 0.1) is 6.92 Å². The molecule has 12 rings (SSSR count). The molecule has 0 saturated heterocycles. The van der Waals surface area contributed by atoms with E-state index in [0.29, 0.717) is 0 Å². The molecular weight excluding hydrogens is 695 g/mol. The highest BCUT2D eigenvalue weighted by Gasteiger charge is 2.24. The van der Waals surface area contributed by atoms with Crippen LogP contribution in [0.15, 0.2) is 181 Å². The summed E-state index contributed by atoms with van der Waals surface area (Å²) in [5.74, 6) is -2.83. The SMILES string of the molecule is [2H]c1c([2H])c([2H])c2c(c1[2H])-c1c([2H])c([2H])c([2H])c([2H])c1-c1c([2H])c([2H])c(-c3nc(-n4c5c([2H])c([2H])c([2H])c([2H])c5c5c([2H])c([2H])c([2H])c([2H])c54)nc(-n4c5c([2H])c([2H])c([2H])c([2H])c5c5c(C)c([2H])c([2H])c([2H])c54)n3)c([2H])c1-c1c([2H])c([2H])c([2H])c([2H])c1-2. The summed E-state index contributed by atoms with van der Waals surface area (Å²) in [4.78, 5) is 14.0. The molecule has 0 saturated carbocycles. The van der Waals surface area contributed by atoms with Crippen LogP contribution in [0.1, 0.15) is 46.7 Å². The minimum absolute atomic E-state index is 0.0982. The van der Waals surface area contributed by atoms with E-state index in [1.807, 2.05) is 0 Å². The van der Waals surface area contributed by atoms with Gasteiger partial charge in [-0.05, 0) is 87.2 Å². The molecule has 57 heavy (non-hydrogen) atoms. The Morgan fingerprint density at radius 3 is 1.32 bits per heavy atom. The van der Waals surface area contributed by atoms with Crippen LogP contribution in [0.2, 0.25) is 0 Å². The Kier molecular flexibility index (Phi) is 3.02. The molecule has 0 spiro atoms. The number of rotatable bonds is 3. The quantitative estimate of drug-likeness (QED) is 0.180. The molecule has 0 fully saturated rings. The van der Waals surface area contributed by atoms with Crippen molar-refractivity contribution in [2.75, 3.05) is 0 Å². The summed E-state index contributed by atoms with van der Waals surface area (Å²) in [5, 5.41) is -1.61. The number of hydrogen-bond donors (Lipinski definition) is 0. The molecule has 0 radical (unpaired) electrons. The third kappa shape index (κ3) is 4.66. The molecule has 0 N–H and O–H groups in total. The number of aryl methyl sites for hydroxylation is 1. The minimum Gasteiger partial charge on any atom is -0.278 e. The average Bonchev–Trinajstić information content (AvgIpc) is 1.65. The van der Waals surface area contributed by atoms with Gasteiger partial charge in [0.25, 0.3) is 0 Å². The predicted octanol–water partition coefficient (Wildman–Crippen LogP) is 13.0. The predicted molar refractivity (Wildman–Crippen MR) is 234 cm³/mol. The van der Waals surface area contributed by atoms with Gasteiger partial charge in [-0.15, -0.1) is 0 Å². The Labute approximate surface area is 371 Å². The maximum Gasteiger partial charge on any atom is 0.240 e. The van der Waals surface area contributed by atoms with Gasteiger partial charge in [0.2, 0.25) is 11.9 Å². The zero-order valence-electron chi connectivity index (χ0n) is 58.7. The van der Waals surface area contributed by atoms with Crippen molar-refractivity contribution in [1.29, 1.82) is 0 Å². The molecule has 3 heterocycles. The number of aromatic nitrogens is 5. The lowest BCUT2D eigenvalue weighted by Crippen LogP contribution is -2.10. The van der Waals surface area contributed by atoms with Crippen LogP contribution in [-0.2, 0) is 0 Å². The van der Waals surface area contributed by atoms with Gasteiger partial charge in [0.05, 0.1) is 63.2 Å². The van der Waals surface area contributed by atoms with Crippen LogP contribution in [0.4, 0.5) is 0 Å². The smallest absolute Gasteiger partial charge is 0.240 e. The van der Waals surface area contributed by atoms with E-state index in [-0.39, 0.29) is 16.3 Å². The number of benzene rings is 8. The van der Waals surface area contributed by atoms with Gasteiger partial charge in [0.1, 0.15) is 0 Å². The second-order valence-corrected chi connectivity index (χ2v) is 12.6. The molecule has 11 aromatic rings. The first-order valence-electron chi connectivity index (χ1n) is 31.9. The van der Waals surface area contributed by atoms with Crippen molar-refractivity contribution < 1.29 is 41.1 Å². The van der Waals surface area contributed by atoms with Crippen LogP contribution < -0.4 is 0 Å². The van der Waals surface area contributed by atoms with Gasteiger partial charge in [0.15, 0.2) is 5.82 Å². The van der Waals surface area contributed by atoms with Crippen molar-refractivity contribution >= 4 is 43.6 Å². The Hall–Kier alpha value is -7.63. The van der Waals surface area contributed by atoms with E-state index >= 15 is 0 Å².